The molecule has 0 saturated heterocycles. The van der Waals surface area contributed by atoms with Gasteiger partial charge in [-0.15, -0.1) is 15.3 Å². The largest absolute Gasteiger partial charge is 0.507 e. The molecule has 8 aromatic carbocycles. The summed E-state index contributed by atoms with van der Waals surface area (Å²) < 4.78 is 46.2. The van der Waals surface area contributed by atoms with Crippen LogP contribution in [0.5, 0.6) is 17.2 Å². The molecule has 0 radical (unpaired) electrons. The van der Waals surface area contributed by atoms with Gasteiger partial charge in [-0.3, -0.25) is 0 Å². The second-order valence-electron chi connectivity index (χ2n) is 25.4. The van der Waals surface area contributed by atoms with Gasteiger partial charge in [0.05, 0.1) is 35.5 Å². The van der Waals surface area contributed by atoms with Crippen LogP contribution in [0, 0.1) is 27.9 Å². The lowest BCUT2D eigenvalue weighted by Crippen LogP contribution is -2.29. The number of phenols is 1. The number of nitrogens with zero attached hydrogens (tertiary/aromatic N) is 9. The third-order valence-corrected chi connectivity index (χ3v) is 16.7. The van der Waals surface area contributed by atoms with Crippen molar-refractivity contribution in [2.24, 2.45) is 16.2 Å². The Morgan fingerprint density at radius 2 is 0.897 bits per heavy atom. The van der Waals surface area contributed by atoms with E-state index >= 15 is 0 Å². The number of aromatic hydroxyl groups is 1. The number of carboxylic acids is 1. The van der Waals surface area contributed by atoms with Crippen molar-refractivity contribution in [3.05, 3.63) is 203 Å². The first-order chi connectivity index (χ1) is 45.7. The van der Waals surface area contributed by atoms with E-state index in [1.807, 2.05) is 86.8 Å². The molecule has 3 heterocycles. The molecule has 0 aliphatic carbocycles. The summed E-state index contributed by atoms with van der Waals surface area (Å²) in [5.41, 5.74) is 11.0. The Morgan fingerprint density at radius 3 is 1.31 bits per heavy atom. The monoisotopic (exact) mass is 1640 g/mol. The van der Waals surface area contributed by atoms with Gasteiger partial charge in [0.1, 0.15) is 58.6 Å². The van der Waals surface area contributed by atoms with E-state index in [4.69, 9.17) is 34.2 Å². The second-order valence-corrected chi connectivity index (χ2v) is 29.2. The maximum atomic E-state index is 13.5. The first kappa shape index (κ1) is 78.4. The summed E-state index contributed by atoms with van der Waals surface area (Å²) in [5, 5.41) is 80.2. The van der Waals surface area contributed by atoms with Gasteiger partial charge in [-0.05, 0) is 176 Å². The average Bonchev–Trinajstić information content (AvgIpc) is 1.68. The molecule has 0 atom stereocenters. The van der Waals surface area contributed by atoms with E-state index < -0.39 is 26.0 Å². The number of hydrogen-bond donors (Lipinski definition) is 6. The number of aromatic carboxylic acids is 1. The zero-order chi connectivity index (χ0) is 71.5. The van der Waals surface area contributed by atoms with Gasteiger partial charge in [-0.2, -0.15) is 9.59 Å². The number of carboxylic acid groups (broad SMARTS) is 1. The van der Waals surface area contributed by atoms with Gasteiger partial charge in [0, 0.05) is 29.4 Å². The molecular formula is C68H70B2Br5F2N9O11. The quantitative estimate of drug-likeness (QED) is 0.0436. The van der Waals surface area contributed by atoms with Gasteiger partial charge < -0.3 is 39.8 Å². The van der Waals surface area contributed by atoms with Crippen molar-refractivity contribution >= 4 is 150 Å². The van der Waals surface area contributed by atoms with E-state index in [-0.39, 0.29) is 39.5 Å². The van der Waals surface area contributed by atoms with Gasteiger partial charge >= 0.3 is 26.4 Å². The van der Waals surface area contributed by atoms with Crippen molar-refractivity contribution in [3.63, 3.8) is 0 Å². The number of carbonyl (C=O) groups is 1. The van der Waals surface area contributed by atoms with Crippen LogP contribution in [-0.2, 0) is 47.8 Å². The van der Waals surface area contributed by atoms with Crippen molar-refractivity contribution in [1.29, 1.82) is 0 Å². The minimum atomic E-state index is -1.49. The van der Waals surface area contributed by atoms with Crippen molar-refractivity contribution in [2.45, 2.75) is 100 Å². The Morgan fingerprint density at radius 1 is 0.505 bits per heavy atom. The van der Waals surface area contributed by atoms with E-state index in [2.05, 4.69) is 173 Å². The molecule has 97 heavy (non-hydrogen) atoms. The molecule has 29 heteroatoms. The molecular weight excluding hydrogens is 1580 g/mol. The summed E-state index contributed by atoms with van der Waals surface area (Å²) in [6.07, 6.45) is 0.250. The summed E-state index contributed by atoms with van der Waals surface area (Å²) >= 11 is 16.8. The second kappa shape index (κ2) is 35.8. The lowest BCUT2D eigenvalue weighted by Gasteiger charge is -2.18. The summed E-state index contributed by atoms with van der Waals surface area (Å²) in [6, 6.07) is 43.4. The fourth-order valence-corrected chi connectivity index (χ4v) is 11.4. The Labute approximate surface area is 602 Å². The average molecular weight is 1650 g/mol. The van der Waals surface area contributed by atoms with Crippen molar-refractivity contribution in [3.8, 4) is 28.4 Å². The zero-order valence-corrected chi connectivity index (χ0v) is 62.2. The van der Waals surface area contributed by atoms with Gasteiger partial charge in [0.15, 0.2) is 0 Å². The van der Waals surface area contributed by atoms with Crippen LogP contribution in [0.3, 0.4) is 0 Å². The highest BCUT2D eigenvalue weighted by Crippen LogP contribution is 2.36. The number of benzene rings is 8. The standard InChI is InChI=1S/C24H23BrFN3O.C18H21BBrN3O3.C11H14BrN3O.C7H8BBrO2.C7H4BrFO2.CO2/c1-24(2,3)15-29-20-10-11-21(22(25)23(20)27-28-29)30-14-16-6-4-7-17(12-16)18-8-5-9-19(26)13-18;1-18(2,3)11-23-14-7-8-15(16(20)17(14)21-22-23)26-10-12-5-4-6-13(9-12)19(24)25;1-11(2,3)6-15-7-4-5-8(16)9(12)10(7)13-14-15;9-5-6-2-1-3-7(4-6)8(10)11;8-5-1-4(7(10)11)2-6(9)3-5;2-1-3/h4-13H,14-15H2,1-3H3;4-9,24-25H,10-11H2,1-3H3;4-5,16H,6H2,1-3H3;1-4,10-11H,5H2;1-3H,(H,10,11);. The SMILES string of the molecule is CC(C)(C)Cn1nnc2c(Br)c(O)ccc21.CC(C)(C)Cn1nnc2c(Br)c(OCc3cccc(-c4cccc(F)c4)c3)ccc21.CC(C)(C)Cn1nnc2c(Br)c(OCc3cccc(B(O)O)c3)ccc21.O=C(O)c1cc(F)cc(Br)c1.O=C=O.OB(O)c1cccc(CBr)c1. The van der Waals surface area contributed by atoms with Crippen LogP contribution >= 0.6 is 79.6 Å². The van der Waals surface area contributed by atoms with Crippen LogP contribution in [0.2, 0.25) is 0 Å². The predicted octanol–water partition coefficient (Wildman–Crippen LogP) is 14.0. The fourth-order valence-electron chi connectivity index (χ4n) is 9.08. The molecule has 0 amide bonds. The van der Waals surface area contributed by atoms with Crippen molar-refractivity contribution < 1.29 is 62.9 Å². The van der Waals surface area contributed by atoms with Crippen molar-refractivity contribution in [2.75, 3.05) is 0 Å². The molecule has 3 aromatic heterocycles. The summed E-state index contributed by atoms with van der Waals surface area (Å²) in [6.45, 7) is 22.5. The molecule has 6 N–H and O–H groups in total. The number of halogens is 7. The molecule has 0 fully saturated rings. The van der Waals surface area contributed by atoms with Crippen LogP contribution in [0.1, 0.15) is 89.4 Å². The molecule has 20 nitrogen and oxygen atoms in total. The molecule has 0 aliphatic rings. The normalized spacial score (nSPS) is 11.1. The molecule has 0 spiro atoms. The van der Waals surface area contributed by atoms with Crippen LogP contribution in [-0.4, -0.2) is 102 Å². The zero-order valence-electron chi connectivity index (χ0n) is 54.2. The maximum absolute atomic E-state index is 13.5. The molecule has 0 bridgehead atoms. The smallest absolute Gasteiger partial charge is 0.488 e. The molecule has 0 unspecified atom stereocenters. The van der Waals surface area contributed by atoms with Crippen LogP contribution in [0.15, 0.2) is 170 Å². The lowest BCUT2D eigenvalue weighted by atomic mass is 9.80. The first-order valence-corrected chi connectivity index (χ1v) is 34.0. The van der Waals surface area contributed by atoms with E-state index in [9.17, 15) is 28.7 Å². The van der Waals surface area contributed by atoms with Crippen LogP contribution in [0.25, 0.3) is 44.2 Å². The third-order valence-electron chi connectivity index (χ3n) is 13.3. The van der Waals surface area contributed by atoms with Crippen LogP contribution in [0.4, 0.5) is 8.78 Å². The number of alkyl halides is 1. The van der Waals surface area contributed by atoms with E-state index in [0.29, 0.717) is 50.1 Å². The van der Waals surface area contributed by atoms with E-state index in [1.165, 1.54) is 24.3 Å². The van der Waals surface area contributed by atoms with Crippen LogP contribution < -0.4 is 20.4 Å². The minimum Gasteiger partial charge on any atom is -0.507 e. The number of hydrogen-bond acceptors (Lipinski definition) is 16. The predicted molar refractivity (Wildman–Crippen MR) is 387 cm³/mol. The van der Waals surface area contributed by atoms with Gasteiger partial charge in [0.25, 0.3) is 0 Å². The number of phenolic OH excluding ortho intramolecular Hbond substituents is 1. The van der Waals surface area contributed by atoms with Gasteiger partial charge in [-0.1, -0.05) is 189 Å². The first-order valence-electron chi connectivity index (χ1n) is 29.7. The highest BCUT2D eigenvalue weighted by Gasteiger charge is 2.21. The lowest BCUT2D eigenvalue weighted by molar-refractivity contribution is -0.191. The summed E-state index contributed by atoms with van der Waals surface area (Å²) in [4.78, 5) is 26.6. The highest BCUT2D eigenvalue weighted by atomic mass is 79.9. The molecule has 11 rings (SSSR count). The Bertz CT molecular complexity index is 4480. The number of fused-ring (bicyclic) bond motifs is 3. The van der Waals surface area contributed by atoms with Gasteiger partial charge in [0.2, 0.25) is 0 Å². The molecule has 0 aliphatic heterocycles. The van der Waals surface area contributed by atoms with Gasteiger partial charge in [-0.25, -0.2) is 27.6 Å². The Kier molecular flexibility index (Phi) is 28.9. The number of carbonyl (C=O) groups excluding carboxylic acids is 2. The Balaban J connectivity index is 0.000000200. The van der Waals surface area contributed by atoms with E-state index in [0.717, 1.165) is 95.4 Å². The maximum Gasteiger partial charge on any atom is 0.488 e. The van der Waals surface area contributed by atoms with E-state index in [1.54, 1.807) is 48.5 Å². The Hall–Kier alpha value is -7.56. The van der Waals surface area contributed by atoms with Crippen molar-refractivity contribution in [1.82, 2.24) is 45.0 Å². The summed E-state index contributed by atoms with van der Waals surface area (Å²) in [5.74, 6) is -0.375. The topological polar surface area (TPSA) is 283 Å². The highest BCUT2D eigenvalue weighted by molar-refractivity contribution is 9.11. The molecule has 0 saturated carbocycles. The number of aromatic nitrogens is 9. The molecule has 508 valence electrons. The molecule has 11 aromatic rings. The summed E-state index contributed by atoms with van der Waals surface area (Å²) in [7, 11) is -2.86. The number of ether oxygens (including phenoxy) is 2. The minimum absolute atomic E-state index is 0.0584. The third kappa shape index (κ3) is 24.1. The number of rotatable bonds is 14. The fraction of sp³-hybridized carbons (Fsp3) is 0.265.